The topological polar surface area (TPSA) is 78.0 Å². The van der Waals surface area contributed by atoms with Gasteiger partial charge in [0.1, 0.15) is 12.7 Å². The second-order valence-electron chi connectivity index (χ2n) is 5.10. The average molecular weight is 334 g/mol. The van der Waals surface area contributed by atoms with E-state index in [4.69, 9.17) is 16.3 Å². The number of aromatic nitrogens is 5. The summed E-state index contributed by atoms with van der Waals surface area (Å²) in [6.45, 7) is 0.181. The molecule has 2 heterocycles. The number of methoxy groups -OCH3 is 1. The van der Waals surface area contributed by atoms with E-state index in [-0.39, 0.29) is 6.54 Å². The Hall–Kier alpha value is -2.22. The summed E-state index contributed by atoms with van der Waals surface area (Å²) in [4.78, 5) is 3.93. The highest BCUT2D eigenvalue weighted by atomic mass is 35.5. The van der Waals surface area contributed by atoms with Crippen molar-refractivity contribution in [3.8, 4) is 0 Å². The van der Waals surface area contributed by atoms with Crippen molar-refractivity contribution in [2.24, 2.45) is 0 Å². The highest BCUT2D eigenvalue weighted by Crippen LogP contribution is 2.35. The summed E-state index contributed by atoms with van der Waals surface area (Å²) < 4.78 is 8.64. The predicted molar refractivity (Wildman–Crippen MR) is 83.6 cm³/mol. The van der Waals surface area contributed by atoms with Crippen LogP contribution in [0.3, 0.4) is 0 Å². The maximum absolute atomic E-state index is 11.5. The van der Waals surface area contributed by atoms with E-state index in [1.54, 1.807) is 47.4 Å². The lowest BCUT2D eigenvalue weighted by molar-refractivity contribution is -0.153. The van der Waals surface area contributed by atoms with Crippen LogP contribution in [0.1, 0.15) is 11.8 Å². The van der Waals surface area contributed by atoms with Crippen LogP contribution in [0, 0.1) is 0 Å². The second kappa shape index (κ2) is 6.49. The molecule has 3 rings (SSSR count). The first-order valence-electron chi connectivity index (χ1n) is 6.96. The van der Waals surface area contributed by atoms with Gasteiger partial charge in [0.15, 0.2) is 11.8 Å². The van der Waals surface area contributed by atoms with Crippen molar-refractivity contribution in [2.75, 3.05) is 7.11 Å². The van der Waals surface area contributed by atoms with E-state index in [0.29, 0.717) is 10.6 Å². The van der Waals surface area contributed by atoms with Gasteiger partial charge in [0.25, 0.3) is 0 Å². The molecule has 2 aromatic heterocycles. The van der Waals surface area contributed by atoms with Crippen LogP contribution in [-0.2, 0) is 16.9 Å². The smallest absolute Gasteiger partial charge is 0.186 e. The van der Waals surface area contributed by atoms with E-state index in [2.05, 4.69) is 15.2 Å². The molecule has 0 spiro atoms. The monoisotopic (exact) mass is 333 g/mol. The first-order valence-corrected chi connectivity index (χ1v) is 7.34. The molecule has 3 aromatic rings. The summed E-state index contributed by atoms with van der Waals surface area (Å²) in [5.41, 5.74) is -0.779. The molecule has 0 radical (unpaired) electrons. The first kappa shape index (κ1) is 15.7. The Labute approximate surface area is 138 Å². The lowest BCUT2D eigenvalue weighted by Gasteiger charge is -2.35. The molecule has 7 nitrogen and oxygen atoms in total. The minimum Gasteiger partial charge on any atom is -0.378 e. The molecule has 0 saturated carbocycles. The summed E-state index contributed by atoms with van der Waals surface area (Å²) in [7, 11) is 1.51. The number of hydrogen-bond donors (Lipinski definition) is 1. The number of nitrogens with zero attached hydrogens (tertiary/aromatic N) is 5. The van der Waals surface area contributed by atoms with Gasteiger partial charge in [-0.3, -0.25) is 4.68 Å². The fourth-order valence-electron chi connectivity index (χ4n) is 2.55. The molecule has 0 saturated heterocycles. The third-order valence-corrected chi connectivity index (χ3v) is 3.87. The molecule has 2 atom stereocenters. The first-order chi connectivity index (χ1) is 11.1. The van der Waals surface area contributed by atoms with Gasteiger partial charge in [0.05, 0.1) is 6.54 Å². The third-order valence-electron chi connectivity index (χ3n) is 3.62. The molecule has 0 aliphatic rings. The number of benzene rings is 1. The van der Waals surface area contributed by atoms with Gasteiger partial charge in [0, 0.05) is 24.5 Å². The van der Waals surface area contributed by atoms with Gasteiger partial charge in [-0.05, 0) is 23.8 Å². The Morgan fingerprint density at radius 2 is 2.09 bits per heavy atom. The molecule has 0 aliphatic heterocycles. The molecule has 120 valence electrons. The standard InChI is InChI=1S/C15H16ClN5O2/c1-23-14(21-11-17-10-19-21)15(22,9-20-8-2-7-18-20)12-3-5-13(16)6-4-12/h2-8,10-11,14,22H,9H2,1H3/t14-,15+/m1/s1. The van der Waals surface area contributed by atoms with Crippen molar-refractivity contribution < 1.29 is 9.84 Å². The van der Waals surface area contributed by atoms with Crippen molar-refractivity contribution in [1.82, 2.24) is 24.5 Å². The molecular weight excluding hydrogens is 318 g/mol. The van der Waals surface area contributed by atoms with E-state index in [1.165, 1.54) is 24.4 Å². The normalized spacial score (nSPS) is 15.3. The van der Waals surface area contributed by atoms with Crippen LogP contribution in [0.15, 0.2) is 55.4 Å². The van der Waals surface area contributed by atoms with Crippen LogP contribution in [-0.4, -0.2) is 36.8 Å². The van der Waals surface area contributed by atoms with Crippen LogP contribution in [0.4, 0.5) is 0 Å². The van der Waals surface area contributed by atoms with Crippen LogP contribution in [0.5, 0.6) is 0 Å². The quantitative estimate of drug-likeness (QED) is 0.745. The number of aliphatic hydroxyl groups is 1. The molecule has 0 unspecified atom stereocenters. The highest BCUT2D eigenvalue weighted by molar-refractivity contribution is 6.30. The summed E-state index contributed by atoms with van der Waals surface area (Å²) >= 11 is 5.96. The molecule has 1 N–H and O–H groups in total. The zero-order valence-corrected chi connectivity index (χ0v) is 13.2. The Morgan fingerprint density at radius 1 is 1.30 bits per heavy atom. The van der Waals surface area contributed by atoms with Crippen molar-refractivity contribution in [3.63, 3.8) is 0 Å². The molecule has 23 heavy (non-hydrogen) atoms. The Balaban J connectivity index is 2.06. The summed E-state index contributed by atoms with van der Waals surface area (Å²) in [6, 6.07) is 8.75. The summed E-state index contributed by atoms with van der Waals surface area (Å²) in [5, 5.41) is 20.3. The molecular formula is C15H16ClN5O2. The van der Waals surface area contributed by atoms with Crippen molar-refractivity contribution in [1.29, 1.82) is 0 Å². The van der Waals surface area contributed by atoms with Gasteiger partial charge in [-0.1, -0.05) is 23.7 Å². The maximum atomic E-state index is 11.5. The minimum absolute atomic E-state index is 0.181. The molecule has 1 aromatic carbocycles. The average Bonchev–Trinajstić information content (AvgIpc) is 3.22. The molecule has 0 bridgehead atoms. The van der Waals surface area contributed by atoms with E-state index in [9.17, 15) is 5.11 Å². The fourth-order valence-corrected chi connectivity index (χ4v) is 2.68. The van der Waals surface area contributed by atoms with Crippen molar-refractivity contribution in [2.45, 2.75) is 18.4 Å². The number of rotatable bonds is 6. The van der Waals surface area contributed by atoms with Gasteiger partial charge in [-0.2, -0.15) is 10.2 Å². The van der Waals surface area contributed by atoms with E-state index in [0.717, 1.165) is 0 Å². The minimum atomic E-state index is -1.42. The summed E-state index contributed by atoms with van der Waals surface area (Å²) in [6.07, 6.45) is 5.53. The largest absolute Gasteiger partial charge is 0.378 e. The van der Waals surface area contributed by atoms with E-state index >= 15 is 0 Å². The highest BCUT2D eigenvalue weighted by Gasteiger charge is 2.41. The molecule has 0 amide bonds. The predicted octanol–water partition coefficient (Wildman–Crippen LogP) is 1.86. The third kappa shape index (κ3) is 3.12. The van der Waals surface area contributed by atoms with Crippen LogP contribution in [0.2, 0.25) is 5.02 Å². The van der Waals surface area contributed by atoms with E-state index < -0.39 is 11.8 Å². The fraction of sp³-hybridized carbons (Fsp3) is 0.267. The van der Waals surface area contributed by atoms with Crippen LogP contribution < -0.4 is 0 Å². The lowest BCUT2D eigenvalue weighted by atomic mass is 9.91. The Bertz CT molecular complexity index is 730. The van der Waals surface area contributed by atoms with Gasteiger partial charge in [0.2, 0.25) is 0 Å². The van der Waals surface area contributed by atoms with Crippen LogP contribution >= 0.6 is 11.6 Å². The van der Waals surface area contributed by atoms with Crippen molar-refractivity contribution in [3.05, 3.63) is 66.0 Å². The zero-order chi connectivity index (χ0) is 16.3. The second-order valence-corrected chi connectivity index (χ2v) is 5.53. The van der Waals surface area contributed by atoms with Gasteiger partial charge >= 0.3 is 0 Å². The van der Waals surface area contributed by atoms with E-state index in [1.807, 2.05) is 0 Å². The zero-order valence-electron chi connectivity index (χ0n) is 12.5. The Morgan fingerprint density at radius 3 is 2.65 bits per heavy atom. The molecule has 0 aliphatic carbocycles. The van der Waals surface area contributed by atoms with Gasteiger partial charge in [-0.15, -0.1) is 0 Å². The Kier molecular flexibility index (Phi) is 4.42. The number of hydrogen-bond acceptors (Lipinski definition) is 5. The van der Waals surface area contributed by atoms with Gasteiger partial charge < -0.3 is 9.84 Å². The molecule has 0 fully saturated rings. The maximum Gasteiger partial charge on any atom is 0.186 e. The van der Waals surface area contributed by atoms with Gasteiger partial charge in [-0.25, -0.2) is 9.67 Å². The summed E-state index contributed by atoms with van der Waals surface area (Å²) in [5.74, 6) is 0. The number of ether oxygens (including phenoxy) is 1. The number of halogens is 1. The van der Waals surface area contributed by atoms with Crippen molar-refractivity contribution >= 4 is 11.6 Å². The SMILES string of the molecule is CO[C@@H](n1cncn1)[C@](O)(Cn1cccn1)c1ccc(Cl)cc1. The molecule has 8 heteroatoms. The van der Waals surface area contributed by atoms with Crippen LogP contribution in [0.25, 0.3) is 0 Å². The lowest BCUT2D eigenvalue weighted by Crippen LogP contribution is -2.42.